The van der Waals surface area contributed by atoms with Gasteiger partial charge in [0, 0.05) is 6.42 Å². The molecule has 0 spiro atoms. The summed E-state index contributed by atoms with van der Waals surface area (Å²) >= 11 is 0. The molecule has 1 unspecified atom stereocenters. The molecular weight excluding hydrogens is 360 g/mol. The molecule has 0 aliphatic heterocycles. The van der Waals surface area contributed by atoms with Gasteiger partial charge < -0.3 is 14.4 Å². The van der Waals surface area contributed by atoms with Crippen LogP contribution in [0.3, 0.4) is 0 Å². The van der Waals surface area contributed by atoms with E-state index in [1.165, 1.54) is 11.1 Å². The Morgan fingerprint density at radius 1 is 0.897 bits per heavy atom. The van der Waals surface area contributed by atoms with Crippen molar-refractivity contribution in [2.45, 2.75) is 32.4 Å². The van der Waals surface area contributed by atoms with Crippen molar-refractivity contribution in [1.29, 1.82) is 0 Å². The molecule has 0 aliphatic rings. The summed E-state index contributed by atoms with van der Waals surface area (Å²) in [5.41, 5.74) is 4.45. The van der Waals surface area contributed by atoms with Crippen molar-refractivity contribution in [3.05, 3.63) is 95.8 Å². The minimum Gasteiger partial charge on any atom is -0.491 e. The Morgan fingerprint density at radius 3 is 2.38 bits per heavy atom. The number of fused-ring (bicyclic) bond motifs is 1. The second kappa shape index (κ2) is 8.93. The monoisotopic (exact) mass is 386 g/mol. The highest BCUT2D eigenvalue weighted by Crippen LogP contribution is 2.20. The Labute approximate surface area is 171 Å². The lowest BCUT2D eigenvalue weighted by atomic mass is 10.1. The Balaban J connectivity index is 1.50. The predicted molar refractivity (Wildman–Crippen MR) is 116 cm³/mol. The van der Waals surface area contributed by atoms with Crippen molar-refractivity contribution in [3.63, 3.8) is 0 Å². The minimum absolute atomic E-state index is 0.239. The fourth-order valence-electron chi connectivity index (χ4n) is 3.52. The topological polar surface area (TPSA) is 47.3 Å². The summed E-state index contributed by atoms with van der Waals surface area (Å²) in [4.78, 5) is 4.81. The van der Waals surface area contributed by atoms with Crippen LogP contribution in [-0.2, 0) is 19.4 Å². The molecule has 1 atom stereocenters. The number of aliphatic hydroxyl groups is 1. The summed E-state index contributed by atoms with van der Waals surface area (Å²) < 4.78 is 7.91. The van der Waals surface area contributed by atoms with Gasteiger partial charge in [0.2, 0.25) is 0 Å². The van der Waals surface area contributed by atoms with Gasteiger partial charge >= 0.3 is 0 Å². The quantitative estimate of drug-likeness (QED) is 0.480. The van der Waals surface area contributed by atoms with Crippen LogP contribution in [0.2, 0.25) is 0 Å². The summed E-state index contributed by atoms with van der Waals surface area (Å²) in [5, 5.41) is 10.7. The highest BCUT2D eigenvalue weighted by Gasteiger charge is 2.15. The molecule has 4 rings (SSSR count). The van der Waals surface area contributed by atoms with Gasteiger partial charge in [-0.3, -0.25) is 0 Å². The molecule has 0 saturated heterocycles. The largest absolute Gasteiger partial charge is 0.491 e. The van der Waals surface area contributed by atoms with Crippen molar-refractivity contribution in [3.8, 4) is 5.75 Å². The normalized spacial score (nSPS) is 12.2. The molecule has 0 amide bonds. The number of aromatic nitrogens is 2. The van der Waals surface area contributed by atoms with Gasteiger partial charge in [0.1, 0.15) is 24.3 Å². The number of hydrogen-bond acceptors (Lipinski definition) is 3. The van der Waals surface area contributed by atoms with E-state index < -0.39 is 6.10 Å². The lowest BCUT2D eigenvalue weighted by molar-refractivity contribution is 0.0928. The van der Waals surface area contributed by atoms with Gasteiger partial charge in [-0.15, -0.1) is 0 Å². The molecule has 0 aliphatic carbocycles. The van der Waals surface area contributed by atoms with Crippen molar-refractivity contribution >= 4 is 11.0 Å². The van der Waals surface area contributed by atoms with Crippen LogP contribution in [0.1, 0.15) is 23.9 Å². The van der Waals surface area contributed by atoms with Gasteiger partial charge in [-0.05, 0) is 41.8 Å². The van der Waals surface area contributed by atoms with Crippen LogP contribution < -0.4 is 4.74 Å². The second-order valence-corrected chi connectivity index (χ2v) is 7.25. The summed E-state index contributed by atoms with van der Waals surface area (Å²) in [5.74, 6) is 1.73. The van der Waals surface area contributed by atoms with Crippen LogP contribution in [-0.4, -0.2) is 27.4 Å². The maximum absolute atomic E-state index is 10.7. The van der Waals surface area contributed by atoms with Crippen molar-refractivity contribution < 1.29 is 9.84 Å². The second-order valence-electron chi connectivity index (χ2n) is 7.25. The van der Waals surface area contributed by atoms with Crippen LogP contribution in [0, 0.1) is 0 Å². The first-order valence-corrected chi connectivity index (χ1v) is 10.1. The number of nitrogens with zero attached hydrogens (tertiary/aromatic N) is 2. The molecule has 0 bridgehead atoms. The van der Waals surface area contributed by atoms with Crippen LogP contribution >= 0.6 is 0 Å². The first-order valence-electron chi connectivity index (χ1n) is 10.1. The fourth-order valence-corrected chi connectivity index (χ4v) is 3.52. The highest BCUT2D eigenvalue weighted by molar-refractivity contribution is 5.76. The maximum atomic E-state index is 10.7. The van der Waals surface area contributed by atoms with E-state index in [0.717, 1.165) is 35.4 Å². The summed E-state index contributed by atoms with van der Waals surface area (Å²) in [6.07, 6.45) is 1.09. The van der Waals surface area contributed by atoms with E-state index in [4.69, 9.17) is 9.72 Å². The molecular formula is C25H26N2O2. The third-order valence-corrected chi connectivity index (χ3v) is 5.11. The maximum Gasteiger partial charge on any atom is 0.119 e. The minimum atomic E-state index is -0.631. The molecule has 0 saturated carbocycles. The molecule has 29 heavy (non-hydrogen) atoms. The lowest BCUT2D eigenvalue weighted by Gasteiger charge is -2.16. The number of hydrogen-bond donors (Lipinski definition) is 1. The molecule has 1 heterocycles. The first-order chi connectivity index (χ1) is 14.2. The van der Waals surface area contributed by atoms with Gasteiger partial charge in [0.25, 0.3) is 0 Å². The number of benzene rings is 3. The number of aryl methyl sites for hydroxylation is 1. The summed E-state index contributed by atoms with van der Waals surface area (Å²) in [7, 11) is 0. The highest BCUT2D eigenvalue weighted by atomic mass is 16.5. The molecule has 1 aromatic heterocycles. The zero-order valence-corrected chi connectivity index (χ0v) is 16.7. The van der Waals surface area contributed by atoms with E-state index in [2.05, 4.69) is 35.8 Å². The van der Waals surface area contributed by atoms with Crippen LogP contribution in [0.5, 0.6) is 5.75 Å². The first kappa shape index (κ1) is 19.2. The van der Waals surface area contributed by atoms with Gasteiger partial charge in [-0.2, -0.15) is 0 Å². The fraction of sp³-hybridized carbons (Fsp3) is 0.240. The van der Waals surface area contributed by atoms with Crippen LogP contribution in [0.25, 0.3) is 11.0 Å². The third-order valence-electron chi connectivity index (χ3n) is 5.11. The van der Waals surface area contributed by atoms with Crippen molar-refractivity contribution in [2.75, 3.05) is 6.61 Å². The van der Waals surface area contributed by atoms with E-state index in [0.29, 0.717) is 6.54 Å². The average molecular weight is 386 g/mol. The van der Waals surface area contributed by atoms with E-state index in [-0.39, 0.29) is 6.61 Å². The number of imidazole rings is 1. The summed E-state index contributed by atoms with van der Waals surface area (Å²) in [6.45, 7) is 2.81. The molecule has 4 aromatic rings. The molecule has 0 radical (unpaired) electrons. The smallest absolute Gasteiger partial charge is 0.119 e. The van der Waals surface area contributed by atoms with E-state index in [1.807, 2.05) is 54.6 Å². The van der Waals surface area contributed by atoms with E-state index >= 15 is 0 Å². The molecule has 0 fully saturated rings. The molecule has 4 heteroatoms. The SMILES string of the molecule is CCc1ccc(OCC(O)Cn2c(Cc3ccccc3)nc3ccccc32)cc1. The van der Waals surface area contributed by atoms with Crippen molar-refractivity contribution in [2.24, 2.45) is 0 Å². The zero-order chi connectivity index (χ0) is 20.1. The van der Waals surface area contributed by atoms with Gasteiger partial charge in [-0.25, -0.2) is 4.98 Å². The molecule has 3 aromatic carbocycles. The predicted octanol–water partition coefficient (Wildman–Crippen LogP) is 4.63. The zero-order valence-electron chi connectivity index (χ0n) is 16.7. The van der Waals surface area contributed by atoms with E-state index in [1.54, 1.807) is 0 Å². The number of ether oxygens (including phenoxy) is 1. The Kier molecular flexibility index (Phi) is 5.92. The average Bonchev–Trinajstić information content (AvgIpc) is 3.10. The Bertz CT molecular complexity index is 1060. The van der Waals surface area contributed by atoms with E-state index in [9.17, 15) is 5.11 Å². The standard InChI is InChI=1S/C25H26N2O2/c1-2-19-12-14-22(15-13-19)29-18-21(28)17-27-24-11-7-6-10-23(24)26-25(27)16-20-8-4-3-5-9-20/h3-15,21,28H,2,16-18H2,1H3. The molecule has 148 valence electrons. The van der Waals surface area contributed by atoms with Crippen molar-refractivity contribution in [1.82, 2.24) is 9.55 Å². The van der Waals surface area contributed by atoms with Gasteiger partial charge in [0.15, 0.2) is 0 Å². The lowest BCUT2D eigenvalue weighted by Crippen LogP contribution is -2.24. The van der Waals surface area contributed by atoms with Gasteiger partial charge in [-0.1, -0.05) is 61.5 Å². The molecule has 4 nitrogen and oxygen atoms in total. The van der Waals surface area contributed by atoms with Crippen LogP contribution in [0.15, 0.2) is 78.9 Å². The molecule has 1 N–H and O–H groups in total. The Morgan fingerprint density at radius 2 is 1.62 bits per heavy atom. The van der Waals surface area contributed by atoms with Crippen LogP contribution in [0.4, 0.5) is 0 Å². The Hall–Kier alpha value is -3.11. The number of aliphatic hydroxyl groups excluding tert-OH is 1. The third kappa shape index (κ3) is 4.66. The summed E-state index contributed by atoms with van der Waals surface area (Å²) in [6, 6.07) is 26.4. The van der Waals surface area contributed by atoms with Gasteiger partial charge in [0.05, 0.1) is 17.6 Å². The number of rotatable bonds is 8. The number of para-hydroxylation sites is 2.